The highest BCUT2D eigenvalue weighted by Gasteiger charge is 2.04. The summed E-state index contributed by atoms with van der Waals surface area (Å²) >= 11 is 2.19. The number of nitrogens with zero attached hydrogens (tertiary/aromatic N) is 4. The van der Waals surface area contributed by atoms with E-state index in [-0.39, 0.29) is 0 Å². The van der Waals surface area contributed by atoms with Gasteiger partial charge < -0.3 is 5.73 Å². The predicted molar refractivity (Wildman–Crippen MR) is 64.5 cm³/mol. The van der Waals surface area contributed by atoms with Crippen molar-refractivity contribution in [2.45, 2.75) is 13.5 Å². The van der Waals surface area contributed by atoms with Gasteiger partial charge in [-0.05, 0) is 35.6 Å². The first-order chi connectivity index (χ1) is 7.19. The number of rotatable bonds is 2. The number of aryl methyl sites for hydroxylation is 1. The van der Waals surface area contributed by atoms with Gasteiger partial charge in [-0.3, -0.25) is 0 Å². The second kappa shape index (κ2) is 4.23. The third kappa shape index (κ3) is 2.32. The maximum atomic E-state index is 5.55. The molecule has 5 nitrogen and oxygen atoms in total. The van der Waals surface area contributed by atoms with Crippen LogP contribution in [0.5, 0.6) is 0 Å². The average Bonchev–Trinajstić information content (AvgIpc) is 2.64. The van der Waals surface area contributed by atoms with Gasteiger partial charge in [0.25, 0.3) is 5.95 Å². The van der Waals surface area contributed by atoms with Crippen molar-refractivity contribution in [2.24, 2.45) is 5.73 Å². The van der Waals surface area contributed by atoms with Crippen LogP contribution < -0.4 is 5.73 Å². The lowest BCUT2D eigenvalue weighted by Gasteiger charge is -2.03. The van der Waals surface area contributed by atoms with Gasteiger partial charge in [-0.25, -0.2) is 14.6 Å². The minimum atomic E-state index is 0.411. The van der Waals surface area contributed by atoms with Gasteiger partial charge in [0.05, 0.1) is 15.5 Å². The van der Waals surface area contributed by atoms with Crippen LogP contribution in [0.4, 0.5) is 0 Å². The van der Waals surface area contributed by atoms with Crippen molar-refractivity contribution in [3.05, 3.63) is 33.4 Å². The van der Waals surface area contributed by atoms with Crippen molar-refractivity contribution >= 4 is 22.6 Å². The Balaban J connectivity index is 2.48. The molecule has 2 N–H and O–H groups in total. The van der Waals surface area contributed by atoms with E-state index in [1.165, 1.54) is 0 Å². The normalized spacial score (nSPS) is 10.6. The van der Waals surface area contributed by atoms with Crippen LogP contribution in [0.3, 0.4) is 0 Å². The number of nitrogens with two attached hydrogens (primary N) is 1. The van der Waals surface area contributed by atoms with Gasteiger partial charge in [-0.2, -0.15) is 5.10 Å². The van der Waals surface area contributed by atoms with E-state index in [1.54, 1.807) is 10.9 Å². The fourth-order valence-corrected chi connectivity index (χ4v) is 1.62. The molecule has 0 bridgehead atoms. The molecule has 15 heavy (non-hydrogen) atoms. The molecule has 6 heteroatoms. The number of aromatic nitrogens is 4. The van der Waals surface area contributed by atoms with Gasteiger partial charge >= 0.3 is 0 Å². The summed E-state index contributed by atoms with van der Waals surface area (Å²) < 4.78 is 2.69. The first-order valence-corrected chi connectivity index (χ1v) is 5.52. The largest absolute Gasteiger partial charge is 0.325 e. The van der Waals surface area contributed by atoms with Gasteiger partial charge in [0.1, 0.15) is 0 Å². The van der Waals surface area contributed by atoms with E-state index in [4.69, 9.17) is 5.73 Å². The van der Waals surface area contributed by atoms with Crippen LogP contribution in [0.2, 0.25) is 0 Å². The third-order valence-corrected chi connectivity index (χ3v) is 2.42. The lowest BCUT2D eigenvalue weighted by atomic mass is 10.3. The Bertz CT molecular complexity index is 479. The van der Waals surface area contributed by atoms with Crippen molar-refractivity contribution in [1.82, 2.24) is 19.7 Å². The van der Waals surface area contributed by atoms with Crippen LogP contribution >= 0.6 is 22.6 Å². The van der Waals surface area contributed by atoms with Crippen molar-refractivity contribution in [2.75, 3.05) is 0 Å². The van der Waals surface area contributed by atoms with Crippen molar-refractivity contribution in [1.29, 1.82) is 0 Å². The topological polar surface area (TPSA) is 69.6 Å². The van der Waals surface area contributed by atoms with Crippen LogP contribution in [-0.4, -0.2) is 19.7 Å². The number of halogens is 1. The van der Waals surface area contributed by atoms with Crippen molar-refractivity contribution in [3.8, 4) is 5.95 Å². The number of hydrogen-bond acceptors (Lipinski definition) is 4. The molecule has 0 radical (unpaired) electrons. The first kappa shape index (κ1) is 10.5. The summed E-state index contributed by atoms with van der Waals surface area (Å²) in [6.45, 7) is 2.33. The highest BCUT2D eigenvalue weighted by atomic mass is 127. The molecule has 0 atom stereocenters. The molecule has 0 amide bonds. The molecular formula is C9H10IN5. The summed E-state index contributed by atoms with van der Waals surface area (Å²) in [5, 5.41) is 4.15. The van der Waals surface area contributed by atoms with E-state index >= 15 is 0 Å². The zero-order valence-electron chi connectivity index (χ0n) is 8.18. The number of hydrogen-bond donors (Lipinski definition) is 1. The van der Waals surface area contributed by atoms with E-state index in [2.05, 4.69) is 37.7 Å². The van der Waals surface area contributed by atoms with E-state index < -0.39 is 0 Å². The van der Waals surface area contributed by atoms with Crippen LogP contribution in [-0.2, 0) is 6.54 Å². The average molecular weight is 315 g/mol. The summed E-state index contributed by atoms with van der Waals surface area (Å²) in [7, 11) is 0. The fourth-order valence-electron chi connectivity index (χ4n) is 1.23. The van der Waals surface area contributed by atoms with Crippen LogP contribution in [0.15, 0.2) is 18.5 Å². The molecule has 78 valence electrons. The Morgan fingerprint density at radius 3 is 2.87 bits per heavy atom. The fraction of sp³-hybridized carbons (Fsp3) is 0.222. The Morgan fingerprint density at radius 1 is 1.47 bits per heavy atom. The molecule has 0 aromatic carbocycles. The molecule has 0 fully saturated rings. The highest BCUT2D eigenvalue weighted by molar-refractivity contribution is 14.1. The summed E-state index contributed by atoms with van der Waals surface area (Å²) in [6.07, 6.45) is 3.63. The molecule has 0 spiro atoms. The SMILES string of the molecule is Cc1cc(CN)nc(-n2cc(I)cn2)n1. The molecule has 2 rings (SSSR count). The molecule has 0 aliphatic carbocycles. The molecule has 2 heterocycles. The van der Waals surface area contributed by atoms with Crippen LogP contribution in [0.25, 0.3) is 5.95 Å². The quantitative estimate of drug-likeness (QED) is 0.841. The zero-order valence-corrected chi connectivity index (χ0v) is 10.3. The summed E-state index contributed by atoms with van der Waals surface area (Å²) in [4.78, 5) is 8.59. The highest BCUT2D eigenvalue weighted by Crippen LogP contribution is 2.07. The molecule has 0 aliphatic heterocycles. The zero-order chi connectivity index (χ0) is 10.8. The molecule has 2 aromatic rings. The predicted octanol–water partition coefficient (Wildman–Crippen LogP) is 1.03. The Kier molecular flexibility index (Phi) is 2.96. The van der Waals surface area contributed by atoms with Crippen LogP contribution in [0, 0.1) is 10.5 Å². The lowest BCUT2D eigenvalue weighted by Crippen LogP contribution is -2.08. The van der Waals surface area contributed by atoms with Gasteiger partial charge in [-0.1, -0.05) is 0 Å². The van der Waals surface area contributed by atoms with Gasteiger partial charge in [0.2, 0.25) is 0 Å². The molecular weight excluding hydrogens is 305 g/mol. The van der Waals surface area contributed by atoms with E-state index in [0.717, 1.165) is 15.0 Å². The second-order valence-electron chi connectivity index (χ2n) is 3.11. The summed E-state index contributed by atoms with van der Waals surface area (Å²) in [5.74, 6) is 0.568. The standard InChI is InChI=1S/C9H10IN5/c1-6-2-8(3-11)14-9(13-6)15-5-7(10)4-12-15/h2,4-5H,3,11H2,1H3. The van der Waals surface area contributed by atoms with Gasteiger partial charge in [0.15, 0.2) is 0 Å². The molecule has 0 unspecified atom stereocenters. The maximum Gasteiger partial charge on any atom is 0.251 e. The monoisotopic (exact) mass is 315 g/mol. The third-order valence-electron chi connectivity index (χ3n) is 1.86. The minimum Gasteiger partial charge on any atom is -0.325 e. The van der Waals surface area contributed by atoms with E-state index in [0.29, 0.717) is 12.5 Å². The second-order valence-corrected chi connectivity index (χ2v) is 4.35. The molecule has 2 aromatic heterocycles. The van der Waals surface area contributed by atoms with Gasteiger partial charge in [-0.15, -0.1) is 0 Å². The van der Waals surface area contributed by atoms with Crippen LogP contribution in [0.1, 0.15) is 11.4 Å². The van der Waals surface area contributed by atoms with Crippen molar-refractivity contribution < 1.29 is 0 Å². The molecule has 0 saturated heterocycles. The maximum absolute atomic E-state index is 5.55. The molecule has 0 saturated carbocycles. The first-order valence-electron chi connectivity index (χ1n) is 4.44. The molecule has 0 aliphatic rings. The summed E-state index contributed by atoms with van der Waals surface area (Å²) in [5.41, 5.74) is 7.27. The van der Waals surface area contributed by atoms with E-state index in [9.17, 15) is 0 Å². The lowest BCUT2D eigenvalue weighted by molar-refractivity contribution is 0.782. The summed E-state index contributed by atoms with van der Waals surface area (Å²) in [6, 6.07) is 1.87. The Hall–Kier alpha value is -1.02. The smallest absolute Gasteiger partial charge is 0.251 e. The Labute approximate surface area is 101 Å². The van der Waals surface area contributed by atoms with E-state index in [1.807, 2.05) is 19.2 Å². The Morgan fingerprint density at radius 2 is 2.27 bits per heavy atom. The van der Waals surface area contributed by atoms with Crippen molar-refractivity contribution in [3.63, 3.8) is 0 Å². The van der Waals surface area contributed by atoms with Gasteiger partial charge in [0, 0.05) is 18.4 Å². The minimum absolute atomic E-state index is 0.411.